The minimum Gasteiger partial charge on any atom is -0.497 e. The Morgan fingerprint density at radius 3 is 2.47 bits per heavy atom. The second kappa shape index (κ2) is 10.4. The van der Waals surface area contributed by atoms with E-state index in [0.29, 0.717) is 51.5 Å². The van der Waals surface area contributed by atoms with Crippen molar-refractivity contribution in [3.8, 4) is 5.75 Å². The lowest BCUT2D eigenvalue weighted by Gasteiger charge is -2.43. The van der Waals surface area contributed by atoms with Crippen LogP contribution in [0.5, 0.6) is 5.75 Å². The number of benzene rings is 2. The minimum atomic E-state index is -0.360. The molecule has 2 aromatic rings. The molecule has 0 bridgehead atoms. The third-order valence-corrected chi connectivity index (χ3v) is 7.68. The van der Waals surface area contributed by atoms with Gasteiger partial charge in [0.15, 0.2) is 0 Å². The molecule has 1 spiro atoms. The lowest BCUT2D eigenvalue weighted by Crippen LogP contribution is -2.55. The molecule has 2 aromatic carbocycles. The Labute approximate surface area is 212 Å². The number of likely N-dealkylation sites (tertiary alicyclic amines) is 1. The van der Waals surface area contributed by atoms with Crippen LogP contribution in [0, 0.1) is 0 Å². The SMILES string of the molecule is CCOC(=O)N1CCC2(CC1)CN(c1ccc(C3CNNC3)cc1)C(=O)N2Cc1cccc(OC)c1. The molecular weight excluding hydrogens is 458 g/mol. The number of urea groups is 1. The summed E-state index contributed by atoms with van der Waals surface area (Å²) in [4.78, 5) is 31.9. The number of methoxy groups -OCH3 is 1. The summed E-state index contributed by atoms with van der Waals surface area (Å²) < 4.78 is 10.6. The first-order valence-electron chi connectivity index (χ1n) is 12.7. The molecule has 3 aliphatic heterocycles. The van der Waals surface area contributed by atoms with Crippen molar-refractivity contribution in [3.63, 3.8) is 0 Å². The van der Waals surface area contributed by atoms with Crippen molar-refractivity contribution < 1.29 is 19.1 Å². The van der Waals surface area contributed by atoms with Crippen LogP contribution in [0.2, 0.25) is 0 Å². The van der Waals surface area contributed by atoms with Crippen LogP contribution in [0.25, 0.3) is 0 Å². The first-order chi connectivity index (χ1) is 17.5. The predicted molar refractivity (Wildman–Crippen MR) is 137 cm³/mol. The average molecular weight is 494 g/mol. The molecule has 3 fully saturated rings. The van der Waals surface area contributed by atoms with E-state index in [1.54, 1.807) is 12.0 Å². The van der Waals surface area contributed by atoms with Crippen LogP contribution in [0.1, 0.15) is 36.8 Å². The largest absolute Gasteiger partial charge is 0.497 e. The number of amides is 3. The average Bonchev–Trinajstić information content (AvgIpc) is 3.53. The van der Waals surface area contributed by atoms with Gasteiger partial charge in [-0.25, -0.2) is 9.59 Å². The Hall–Kier alpha value is -3.30. The van der Waals surface area contributed by atoms with Crippen molar-refractivity contribution in [2.75, 3.05) is 51.3 Å². The van der Waals surface area contributed by atoms with Crippen LogP contribution in [-0.2, 0) is 11.3 Å². The predicted octanol–water partition coefficient (Wildman–Crippen LogP) is 3.32. The van der Waals surface area contributed by atoms with E-state index >= 15 is 0 Å². The Morgan fingerprint density at radius 2 is 1.81 bits per heavy atom. The Kier molecular flexibility index (Phi) is 7.02. The van der Waals surface area contributed by atoms with E-state index in [1.165, 1.54) is 5.56 Å². The van der Waals surface area contributed by atoms with Gasteiger partial charge < -0.3 is 19.3 Å². The van der Waals surface area contributed by atoms with Gasteiger partial charge in [0, 0.05) is 44.3 Å². The molecule has 3 heterocycles. The van der Waals surface area contributed by atoms with Gasteiger partial charge in [-0.15, -0.1) is 0 Å². The molecule has 5 rings (SSSR count). The number of anilines is 1. The highest BCUT2D eigenvalue weighted by Crippen LogP contribution is 2.40. The number of hydrogen-bond donors (Lipinski definition) is 2. The van der Waals surface area contributed by atoms with Gasteiger partial charge in [0.1, 0.15) is 5.75 Å². The van der Waals surface area contributed by atoms with Gasteiger partial charge in [-0.2, -0.15) is 0 Å². The van der Waals surface area contributed by atoms with E-state index in [-0.39, 0.29) is 17.7 Å². The molecule has 0 saturated carbocycles. The number of piperidine rings is 1. The Morgan fingerprint density at radius 1 is 1.08 bits per heavy atom. The molecule has 192 valence electrons. The second-order valence-electron chi connectivity index (χ2n) is 9.77. The van der Waals surface area contributed by atoms with Crippen LogP contribution < -0.4 is 20.5 Å². The van der Waals surface area contributed by atoms with Crippen molar-refractivity contribution in [1.82, 2.24) is 20.7 Å². The molecule has 0 aliphatic carbocycles. The molecular formula is C27H35N5O4. The van der Waals surface area contributed by atoms with Crippen molar-refractivity contribution in [1.29, 1.82) is 0 Å². The summed E-state index contributed by atoms with van der Waals surface area (Å²) in [6.45, 7) is 6.19. The van der Waals surface area contributed by atoms with Gasteiger partial charge in [0.25, 0.3) is 0 Å². The lowest BCUT2D eigenvalue weighted by molar-refractivity contribution is 0.0553. The highest BCUT2D eigenvalue weighted by atomic mass is 16.6. The molecule has 3 aliphatic rings. The van der Waals surface area contributed by atoms with E-state index in [0.717, 1.165) is 30.1 Å². The van der Waals surface area contributed by atoms with E-state index in [1.807, 2.05) is 41.0 Å². The molecule has 9 heteroatoms. The monoisotopic (exact) mass is 493 g/mol. The number of rotatable bonds is 6. The summed E-state index contributed by atoms with van der Waals surface area (Å²) in [6.07, 6.45) is 1.13. The van der Waals surface area contributed by atoms with Crippen LogP contribution in [0.4, 0.5) is 15.3 Å². The van der Waals surface area contributed by atoms with E-state index in [4.69, 9.17) is 9.47 Å². The number of hydrazine groups is 1. The first-order valence-corrected chi connectivity index (χ1v) is 12.7. The van der Waals surface area contributed by atoms with Crippen molar-refractivity contribution in [3.05, 3.63) is 59.7 Å². The zero-order valence-corrected chi connectivity index (χ0v) is 21.0. The van der Waals surface area contributed by atoms with Crippen LogP contribution in [-0.4, -0.2) is 73.9 Å². The maximum atomic E-state index is 13.9. The van der Waals surface area contributed by atoms with Crippen molar-refractivity contribution in [2.24, 2.45) is 0 Å². The third kappa shape index (κ3) is 4.73. The standard InChI is InChI=1S/C27H35N5O4/c1-3-36-26(34)30-13-11-27(12-14-30)19-31(23-9-7-21(8-10-23)22-16-28-29-17-22)25(33)32(27)18-20-5-4-6-24(15-20)35-2/h4-10,15,22,28-29H,3,11-14,16-19H2,1-2H3. The molecule has 36 heavy (non-hydrogen) atoms. The summed E-state index contributed by atoms with van der Waals surface area (Å²) >= 11 is 0. The fourth-order valence-corrected chi connectivity index (χ4v) is 5.56. The summed E-state index contributed by atoms with van der Waals surface area (Å²) in [5.41, 5.74) is 9.18. The van der Waals surface area contributed by atoms with Gasteiger partial charge in [0.05, 0.1) is 25.8 Å². The topological polar surface area (TPSA) is 86.4 Å². The van der Waals surface area contributed by atoms with Crippen LogP contribution in [0.3, 0.4) is 0 Å². The third-order valence-electron chi connectivity index (χ3n) is 7.68. The summed E-state index contributed by atoms with van der Waals surface area (Å²) in [6, 6.07) is 16.2. The van der Waals surface area contributed by atoms with E-state index in [2.05, 4.69) is 35.1 Å². The maximum Gasteiger partial charge on any atom is 0.409 e. The molecule has 3 amide bonds. The maximum absolute atomic E-state index is 13.9. The van der Waals surface area contributed by atoms with Gasteiger partial charge >= 0.3 is 12.1 Å². The normalized spacial score (nSPS) is 19.8. The van der Waals surface area contributed by atoms with Gasteiger partial charge in [-0.1, -0.05) is 24.3 Å². The molecule has 0 atom stereocenters. The molecule has 0 radical (unpaired) electrons. The lowest BCUT2D eigenvalue weighted by atomic mass is 9.86. The number of hydrogen-bond acceptors (Lipinski definition) is 6. The van der Waals surface area contributed by atoms with E-state index < -0.39 is 0 Å². The zero-order valence-electron chi connectivity index (χ0n) is 21.0. The summed E-state index contributed by atoms with van der Waals surface area (Å²) in [5, 5.41) is 0. The summed E-state index contributed by atoms with van der Waals surface area (Å²) in [7, 11) is 1.65. The molecule has 2 N–H and O–H groups in total. The Balaban J connectivity index is 1.39. The number of nitrogens with one attached hydrogen (secondary N) is 2. The van der Waals surface area contributed by atoms with Crippen LogP contribution in [0.15, 0.2) is 48.5 Å². The Bertz CT molecular complexity index is 1080. The van der Waals surface area contributed by atoms with Gasteiger partial charge in [-0.05, 0) is 55.2 Å². The van der Waals surface area contributed by atoms with Gasteiger partial charge in [0.2, 0.25) is 0 Å². The minimum absolute atomic E-state index is 0.000598. The highest BCUT2D eigenvalue weighted by Gasteiger charge is 2.51. The zero-order chi connectivity index (χ0) is 25.1. The molecule has 0 aromatic heterocycles. The van der Waals surface area contributed by atoms with Crippen molar-refractivity contribution >= 4 is 17.8 Å². The van der Waals surface area contributed by atoms with E-state index in [9.17, 15) is 9.59 Å². The number of ether oxygens (including phenoxy) is 2. The highest BCUT2D eigenvalue weighted by molar-refractivity contribution is 5.95. The fraction of sp³-hybridized carbons (Fsp3) is 0.481. The number of nitrogens with zero attached hydrogens (tertiary/aromatic N) is 3. The fourth-order valence-electron chi connectivity index (χ4n) is 5.56. The van der Waals surface area contributed by atoms with Crippen molar-refractivity contribution in [2.45, 2.75) is 37.8 Å². The molecule has 0 unspecified atom stereocenters. The molecule has 3 saturated heterocycles. The quantitative estimate of drug-likeness (QED) is 0.642. The second-order valence-corrected chi connectivity index (χ2v) is 9.77. The summed E-state index contributed by atoms with van der Waals surface area (Å²) in [5.74, 6) is 1.20. The number of carbonyl (C=O) groups is 2. The molecule has 9 nitrogen and oxygen atoms in total. The number of carbonyl (C=O) groups excluding carboxylic acids is 2. The smallest absolute Gasteiger partial charge is 0.409 e. The first kappa shape index (κ1) is 24.4. The van der Waals surface area contributed by atoms with Gasteiger partial charge in [-0.3, -0.25) is 15.8 Å². The van der Waals surface area contributed by atoms with Crippen LogP contribution >= 0.6 is 0 Å².